The molecule has 6 rings (SSSR count). The van der Waals surface area contributed by atoms with Crippen LogP contribution in [0.5, 0.6) is 0 Å². The lowest BCUT2D eigenvalue weighted by molar-refractivity contribution is 0.0890. The van der Waals surface area contributed by atoms with Crippen molar-refractivity contribution < 1.29 is 13.9 Å². The molecule has 1 aromatic carbocycles. The zero-order valence-electron chi connectivity index (χ0n) is 27.2. The summed E-state index contributed by atoms with van der Waals surface area (Å²) in [5.41, 5.74) is 4.19. The standard InChI is InChI=1S/C34H43FN8O2Si/c1-24(19-26-9-5-6-12-36-26)38-34(44)28-22-42(23-45-17-18-46(2,3)4)33-32(28)39-29(21-37-33)31-27-11-10-25(35)20-30(27)43(40-31)16-15-41-13-7-8-14-41/h5-6,9-12,20-22,24H,7-8,13-19,23H2,1-4H3,(H,38,44). The molecule has 0 spiro atoms. The smallest absolute Gasteiger partial charge is 0.255 e. The molecular formula is C34H43FN8O2Si. The average molecular weight is 643 g/mol. The molecule has 1 saturated heterocycles. The second-order valence-corrected chi connectivity index (χ2v) is 19.1. The number of halogens is 1. The Bertz CT molecular complexity index is 1810. The van der Waals surface area contributed by atoms with Crippen molar-refractivity contribution >= 4 is 36.0 Å². The van der Waals surface area contributed by atoms with E-state index in [0.29, 0.717) is 53.2 Å². The van der Waals surface area contributed by atoms with Gasteiger partial charge in [-0.1, -0.05) is 25.7 Å². The highest BCUT2D eigenvalue weighted by Crippen LogP contribution is 2.30. The van der Waals surface area contributed by atoms with Crippen LogP contribution in [-0.2, 0) is 24.4 Å². The Hall–Kier alpha value is -4.00. The lowest BCUT2D eigenvalue weighted by atomic mass is 10.1. The van der Waals surface area contributed by atoms with Gasteiger partial charge in [-0.05, 0) is 69.2 Å². The third kappa shape index (κ3) is 7.51. The molecule has 0 aliphatic carbocycles. The van der Waals surface area contributed by atoms with Gasteiger partial charge >= 0.3 is 0 Å². The van der Waals surface area contributed by atoms with Crippen LogP contribution in [0, 0.1) is 5.82 Å². The average Bonchev–Trinajstić information content (AvgIpc) is 3.76. The molecule has 1 unspecified atom stereocenters. The summed E-state index contributed by atoms with van der Waals surface area (Å²) < 4.78 is 24.2. The molecule has 0 bridgehead atoms. The fourth-order valence-electron chi connectivity index (χ4n) is 5.91. The molecule has 5 heterocycles. The van der Waals surface area contributed by atoms with Gasteiger partial charge in [-0.3, -0.25) is 14.5 Å². The number of aromatic nitrogens is 6. The predicted octanol–water partition coefficient (Wildman–Crippen LogP) is 5.75. The number of nitrogens with one attached hydrogen (secondary N) is 1. The maximum Gasteiger partial charge on any atom is 0.255 e. The van der Waals surface area contributed by atoms with Gasteiger partial charge in [0, 0.05) is 57.2 Å². The Balaban J connectivity index is 1.33. The minimum absolute atomic E-state index is 0.157. The van der Waals surface area contributed by atoms with E-state index in [1.807, 2.05) is 34.4 Å². The number of likely N-dealkylation sites (tertiary alicyclic amines) is 1. The Morgan fingerprint density at radius 2 is 1.93 bits per heavy atom. The second kappa shape index (κ2) is 13.8. The number of ether oxygens (including phenoxy) is 1. The first kappa shape index (κ1) is 32.0. The third-order valence-electron chi connectivity index (χ3n) is 8.44. The number of rotatable bonds is 13. The van der Waals surface area contributed by atoms with Gasteiger partial charge in [0.2, 0.25) is 0 Å². The normalized spacial score (nSPS) is 14.8. The summed E-state index contributed by atoms with van der Waals surface area (Å²) in [7, 11) is -1.26. The van der Waals surface area contributed by atoms with E-state index in [2.05, 4.69) is 34.8 Å². The molecule has 1 amide bonds. The number of fused-ring (bicyclic) bond motifs is 2. The number of hydrogen-bond donors (Lipinski definition) is 1. The van der Waals surface area contributed by atoms with Crippen molar-refractivity contribution in [2.75, 3.05) is 26.2 Å². The Kier molecular flexibility index (Phi) is 9.57. The molecule has 0 saturated carbocycles. The molecule has 1 atom stereocenters. The topological polar surface area (TPSA) is 103 Å². The van der Waals surface area contributed by atoms with Crippen molar-refractivity contribution in [3.63, 3.8) is 0 Å². The van der Waals surface area contributed by atoms with Crippen molar-refractivity contribution in [2.24, 2.45) is 0 Å². The van der Waals surface area contributed by atoms with Gasteiger partial charge in [0.05, 0.1) is 23.8 Å². The number of carbonyl (C=O) groups excluding carboxylic acids is 1. The van der Waals surface area contributed by atoms with Crippen molar-refractivity contribution in [2.45, 2.75) is 71.2 Å². The largest absolute Gasteiger partial charge is 0.361 e. The van der Waals surface area contributed by atoms with Crippen LogP contribution in [0.4, 0.5) is 4.39 Å². The fourth-order valence-corrected chi connectivity index (χ4v) is 6.66. The maximum absolute atomic E-state index is 14.4. The Labute approximate surface area is 270 Å². The SMILES string of the molecule is CC(Cc1ccccn1)NC(=O)c1cn(COCC[Si](C)(C)C)c2ncc(-c3nn(CCN4CCCC4)c4cc(F)ccc34)nc12. The molecule has 242 valence electrons. The van der Waals surface area contributed by atoms with Gasteiger partial charge < -0.3 is 19.5 Å². The zero-order valence-corrected chi connectivity index (χ0v) is 28.2. The van der Waals surface area contributed by atoms with E-state index in [-0.39, 0.29) is 24.5 Å². The first-order valence-electron chi connectivity index (χ1n) is 16.2. The number of hydrogen-bond acceptors (Lipinski definition) is 7. The Morgan fingerprint density at radius 3 is 2.70 bits per heavy atom. The minimum Gasteiger partial charge on any atom is -0.361 e. The van der Waals surface area contributed by atoms with Gasteiger partial charge in [-0.15, -0.1) is 0 Å². The van der Waals surface area contributed by atoms with Crippen LogP contribution >= 0.6 is 0 Å². The summed E-state index contributed by atoms with van der Waals surface area (Å²) in [6.45, 7) is 13.4. The van der Waals surface area contributed by atoms with E-state index in [9.17, 15) is 9.18 Å². The van der Waals surface area contributed by atoms with Crippen LogP contribution in [0.3, 0.4) is 0 Å². The fraction of sp³-hybridized carbons (Fsp3) is 0.441. The highest BCUT2D eigenvalue weighted by Gasteiger charge is 2.23. The third-order valence-corrected chi connectivity index (χ3v) is 10.1. The van der Waals surface area contributed by atoms with Crippen LogP contribution in [0.25, 0.3) is 33.5 Å². The Morgan fingerprint density at radius 1 is 1.11 bits per heavy atom. The van der Waals surface area contributed by atoms with Gasteiger partial charge in [-0.2, -0.15) is 5.10 Å². The van der Waals surface area contributed by atoms with Gasteiger partial charge in [0.25, 0.3) is 5.91 Å². The molecule has 1 aliphatic heterocycles. The first-order chi connectivity index (χ1) is 22.1. The van der Waals surface area contributed by atoms with Gasteiger partial charge in [0.1, 0.15) is 29.5 Å². The monoisotopic (exact) mass is 642 g/mol. The first-order valence-corrected chi connectivity index (χ1v) is 19.9. The highest BCUT2D eigenvalue weighted by molar-refractivity contribution is 6.76. The molecule has 1 N–H and O–H groups in total. The quantitative estimate of drug-likeness (QED) is 0.129. The van der Waals surface area contributed by atoms with Crippen LogP contribution in [0.1, 0.15) is 35.8 Å². The van der Waals surface area contributed by atoms with E-state index in [1.54, 1.807) is 24.7 Å². The lowest BCUT2D eigenvalue weighted by Crippen LogP contribution is -2.34. The van der Waals surface area contributed by atoms with E-state index in [4.69, 9.17) is 19.8 Å². The van der Waals surface area contributed by atoms with E-state index in [0.717, 1.165) is 36.8 Å². The van der Waals surface area contributed by atoms with Gasteiger partial charge in [0.15, 0.2) is 5.65 Å². The predicted molar refractivity (Wildman–Crippen MR) is 181 cm³/mol. The summed E-state index contributed by atoms with van der Waals surface area (Å²) in [5, 5.41) is 8.83. The summed E-state index contributed by atoms with van der Waals surface area (Å²) in [5.74, 6) is -0.559. The molecule has 1 fully saturated rings. The molecule has 12 heteroatoms. The van der Waals surface area contributed by atoms with E-state index in [1.165, 1.54) is 25.0 Å². The van der Waals surface area contributed by atoms with E-state index >= 15 is 0 Å². The molecule has 1 aliphatic rings. The van der Waals surface area contributed by atoms with Crippen LogP contribution in [0.2, 0.25) is 25.7 Å². The summed E-state index contributed by atoms with van der Waals surface area (Å²) in [6, 6.07) is 11.4. The maximum atomic E-state index is 14.4. The molecule has 10 nitrogen and oxygen atoms in total. The van der Waals surface area contributed by atoms with Crippen LogP contribution < -0.4 is 5.32 Å². The zero-order chi connectivity index (χ0) is 32.3. The van der Waals surface area contributed by atoms with Crippen LogP contribution in [0.15, 0.2) is 55.0 Å². The van der Waals surface area contributed by atoms with Crippen LogP contribution in [-0.4, -0.2) is 80.5 Å². The summed E-state index contributed by atoms with van der Waals surface area (Å²) in [4.78, 5) is 30.3. The summed E-state index contributed by atoms with van der Waals surface area (Å²) in [6.07, 6.45) is 8.21. The van der Waals surface area contributed by atoms with Crippen molar-refractivity contribution in [1.29, 1.82) is 0 Å². The molecule has 46 heavy (non-hydrogen) atoms. The highest BCUT2D eigenvalue weighted by atomic mass is 28.3. The number of carbonyl (C=O) groups is 1. The van der Waals surface area contributed by atoms with E-state index < -0.39 is 8.07 Å². The number of benzene rings is 1. The molecule has 4 aromatic heterocycles. The lowest BCUT2D eigenvalue weighted by Gasteiger charge is -2.15. The minimum atomic E-state index is -1.26. The van der Waals surface area contributed by atoms with Gasteiger partial charge in [-0.25, -0.2) is 14.4 Å². The molecule has 5 aromatic rings. The molecule has 0 radical (unpaired) electrons. The second-order valence-electron chi connectivity index (χ2n) is 13.5. The summed E-state index contributed by atoms with van der Waals surface area (Å²) >= 11 is 0. The van der Waals surface area contributed by atoms with Crippen molar-refractivity contribution in [1.82, 2.24) is 39.5 Å². The number of amides is 1. The number of nitrogens with zero attached hydrogens (tertiary/aromatic N) is 7. The molecular weight excluding hydrogens is 600 g/mol. The van der Waals surface area contributed by atoms with Crippen molar-refractivity contribution in [3.8, 4) is 11.4 Å². The van der Waals surface area contributed by atoms with Crippen molar-refractivity contribution in [3.05, 3.63) is 72.1 Å². The number of pyridine rings is 1.